The van der Waals surface area contributed by atoms with Crippen molar-refractivity contribution in [3.8, 4) is 17.2 Å². The van der Waals surface area contributed by atoms with E-state index in [1.807, 2.05) is 0 Å². The van der Waals surface area contributed by atoms with Gasteiger partial charge in [-0.2, -0.15) is 5.10 Å². The summed E-state index contributed by atoms with van der Waals surface area (Å²) < 4.78 is 29.5. The third-order valence-corrected chi connectivity index (χ3v) is 4.47. The van der Waals surface area contributed by atoms with Crippen LogP contribution in [0, 0.1) is 5.82 Å². The number of nitrogens with one attached hydrogen (secondary N) is 2. The molecular formula is C24H22FN3O5. The van der Waals surface area contributed by atoms with Crippen LogP contribution in [0.4, 0.5) is 10.1 Å². The molecule has 9 heteroatoms. The molecule has 0 heterocycles. The van der Waals surface area contributed by atoms with Crippen molar-refractivity contribution in [2.24, 2.45) is 5.10 Å². The van der Waals surface area contributed by atoms with Crippen LogP contribution in [0.15, 0.2) is 71.8 Å². The van der Waals surface area contributed by atoms with Crippen molar-refractivity contribution in [1.82, 2.24) is 5.43 Å². The van der Waals surface area contributed by atoms with Crippen molar-refractivity contribution in [2.75, 3.05) is 19.5 Å². The summed E-state index contributed by atoms with van der Waals surface area (Å²) in [5, 5.41) is 6.23. The average molecular weight is 451 g/mol. The largest absolute Gasteiger partial charge is 0.497 e. The molecule has 2 amide bonds. The topological polar surface area (TPSA) is 98.2 Å². The first-order chi connectivity index (χ1) is 16.0. The first-order valence-electron chi connectivity index (χ1n) is 9.83. The van der Waals surface area contributed by atoms with Crippen LogP contribution in [0.3, 0.4) is 0 Å². The van der Waals surface area contributed by atoms with Crippen molar-refractivity contribution >= 4 is 23.7 Å². The molecule has 170 valence electrons. The number of methoxy groups -OCH3 is 2. The molecule has 0 aliphatic carbocycles. The van der Waals surface area contributed by atoms with Gasteiger partial charge < -0.3 is 19.5 Å². The lowest BCUT2D eigenvalue weighted by Crippen LogP contribution is -2.32. The lowest BCUT2D eigenvalue weighted by Gasteiger charge is -2.11. The minimum atomic E-state index is -0.957. The molecular weight excluding hydrogens is 429 g/mol. The number of anilines is 1. The summed E-state index contributed by atoms with van der Waals surface area (Å²) in [6, 6.07) is 18.0. The second-order valence-electron chi connectivity index (χ2n) is 6.67. The molecule has 3 aromatic rings. The highest BCUT2D eigenvalue weighted by Gasteiger charge is 2.16. The average Bonchev–Trinajstić information content (AvgIpc) is 2.84. The molecule has 0 saturated carbocycles. The van der Waals surface area contributed by atoms with Gasteiger partial charge in [0.05, 0.1) is 26.1 Å². The van der Waals surface area contributed by atoms with Crippen molar-refractivity contribution in [2.45, 2.75) is 6.61 Å². The van der Waals surface area contributed by atoms with Crippen LogP contribution in [-0.2, 0) is 16.2 Å². The van der Waals surface area contributed by atoms with Crippen LogP contribution in [0.2, 0.25) is 0 Å². The fraction of sp³-hybridized carbons (Fsp3) is 0.125. The zero-order valence-corrected chi connectivity index (χ0v) is 18.0. The molecule has 0 spiro atoms. The lowest BCUT2D eigenvalue weighted by molar-refractivity contribution is -0.136. The van der Waals surface area contributed by atoms with Gasteiger partial charge in [-0.05, 0) is 48.0 Å². The standard InChI is InChI=1S/C24H22FN3O5/c1-31-19-11-12-22(32-2)21(13-19)27-23(29)24(30)28-26-14-16-7-9-18(10-8-16)33-15-17-5-3-4-6-20(17)25/h3-14H,15H2,1-2H3,(H,27,29)(H,28,30)/b26-14+. The highest BCUT2D eigenvalue weighted by Crippen LogP contribution is 2.28. The molecule has 0 aliphatic heterocycles. The van der Waals surface area contributed by atoms with Crippen LogP contribution < -0.4 is 25.0 Å². The second kappa shape index (κ2) is 11.3. The second-order valence-corrected chi connectivity index (χ2v) is 6.67. The highest BCUT2D eigenvalue weighted by molar-refractivity contribution is 6.39. The predicted octanol–water partition coefficient (Wildman–Crippen LogP) is 3.51. The Morgan fingerprint density at radius 2 is 1.67 bits per heavy atom. The lowest BCUT2D eigenvalue weighted by atomic mass is 10.2. The number of hydrazone groups is 1. The number of nitrogens with zero attached hydrogens (tertiary/aromatic N) is 1. The van der Waals surface area contributed by atoms with Crippen LogP contribution >= 0.6 is 0 Å². The fourth-order valence-corrected chi connectivity index (χ4v) is 2.73. The zero-order chi connectivity index (χ0) is 23.6. The molecule has 33 heavy (non-hydrogen) atoms. The fourth-order valence-electron chi connectivity index (χ4n) is 2.73. The van der Waals surface area contributed by atoms with E-state index >= 15 is 0 Å². The Kier molecular flexibility index (Phi) is 7.96. The molecule has 0 aromatic heterocycles. The van der Waals surface area contributed by atoms with Gasteiger partial charge in [-0.3, -0.25) is 9.59 Å². The monoisotopic (exact) mass is 451 g/mol. The molecule has 0 radical (unpaired) electrons. The molecule has 0 fully saturated rings. The third-order valence-electron chi connectivity index (χ3n) is 4.47. The smallest absolute Gasteiger partial charge is 0.329 e. The number of halogens is 1. The van der Waals surface area contributed by atoms with Crippen molar-refractivity contribution < 1.29 is 28.2 Å². The Bertz CT molecular complexity index is 1150. The zero-order valence-electron chi connectivity index (χ0n) is 18.0. The number of hydrogen-bond acceptors (Lipinski definition) is 6. The van der Waals surface area contributed by atoms with Crippen molar-refractivity contribution in [1.29, 1.82) is 0 Å². The number of rotatable bonds is 8. The first-order valence-corrected chi connectivity index (χ1v) is 9.83. The summed E-state index contributed by atoms with van der Waals surface area (Å²) in [5.41, 5.74) is 3.55. The summed E-state index contributed by atoms with van der Waals surface area (Å²) in [4.78, 5) is 24.2. The maximum Gasteiger partial charge on any atom is 0.329 e. The van der Waals surface area contributed by atoms with E-state index in [0.29, 0.717) is 28.4 Å². The quantitative estimate of drug-likeness (QED) is 0.310. The summed E-state index contributed by atoms with van der Waals surface area (Å²) in [7, 11) is 2.93. The van der Waals surface area contributed by atoms with Gasteiger partial charge in [-0.15, -0.1) is 0 Å². The number of hydrogen-bond donors (Lipinski definition) is 2. The minimum absolute atomic E-state index is 0.101. The van der Waals surface area contributed by atoms with E-state index in [1.54, 1.807) is 54.6 Å². The van der Waals surface area contributed by atoms with E-state index in [4.69, 9.17) is 14.2 Å². The number of amides is 2. The van der Waals surface area contributed by atoms with Gasteiger partial charge in [0.15, 0.2) is 0 Å². The van der Waals surface area contributed by atoms with Gasteiger partial charge in [0.25, 0.3) is 0 Å². The van der Waals surface area contributed by atoms with Crippen molar-refractivity contribution in [3.05, 3.63) is 83.7 Å². The molecule has 2 N–H and O–H groups in total. The Hall–Kier alpha value is -4.40. The van der Waals surface area contributed by atoms with Crippen LogP contribution in [-0.4, -0.2) is 32.2 Å². The molecule has 3 aromatic carbocycles. The molecule has 8 nitrogen and oxygen atoms in total. The molecule has 0 saturated heterocycles. The van der Waals surface area contributed by atoms with Crippen LogP contribution in [0.1, 0.15) is 11.1 Å². The molecule has 0 unspecified atom stereocenters. The van der Waals surface area contributed by atoms with E-state index in [-0.39, 0.29) is 18.1 Å². The van der Waals surface area contributed by atoms with Gasteiger partial charge in [0, 0.05) is 11.6 Å². The highest BCUT2D eigenvalue weighted by atomic mass is 19.1. The van der Waals surface area contributed by atoms with E-state index in [9.17, 15) is 14.0 Å². The number of ether oxygens (including phenoxy) is 3. The Morgan fingerprint density at radius 1 is 0.939 bits per heavy atom. The van der Waals surface area contributed by atoms with Crippen molar-refractivity contribution in [3.63, 3.8) is 0 Å². The Balaban J connectivity index is 1.51. The van der Waals surface area contributed by atoms with Gasteiger partial charge in [-0.25, -0.2) is 9.82 Å². The Morgan fingerprint density at radius 3 is 2.36 bits per heavy atom. The molecule has 3 rings (SSSR count). The summed E-state index contributed by atoms with van der Waals surface area (Å²) in [6.07, 6.45) is 1.37. The molecule has 0 atom stereocenters. The number of benzene rings is 3. The molecule has 0 bridgehead atoms. The SMILES string of the molecule is COc1ccc(OC)c(NC(=O)C(=O)N/N=C/c2ccc(OCc3ccccc3F)cc2)c1. The first kappa shape index (κ1) is 23.3. The Labute approximate surface area is 190 Å². The number of carbonyl (C=O) groups excluding carboxylic acids is 2. The third kappa shape index (κ3) is 6.54. The van der Waals surface area contributed by atoms with E-state index in [0.717, 1.165) is 0 Å². The summed E-state index contributed by atoms with van der Waals surface area (Å²) >= 11 is 0. The maximum absolute atomic E-state index is 13.6. The van der Waals surface area contributed by atoms with Gasteiger partial charge in [0.2, 0.25) is 0 Å². The van der Waals surface area contributed by atoms with Gasteiger partial charge in [-0.1, -0.05) is 18.2 Å². The van der Waals surface area contributed by atoms with E-state index < -0.39 is 11.8 Å². The molecule has 0 aliphatic rings. The minimum Gasteiger partial charge on any atom is -0.497 e. The van der Waals surface area contributed by atoms with E-state index in [1.165, 1.54) is 32.6 Å². The van der Waals surface area contributed by atoms with E-state index in [2.05, 4.69) is 15.8 Å². The maximum atomic E-state index is 13.6. The number of carbonyl (C=O) groups is 2. The summed E-state index contributed by atoms with van der Waals surface area (Å²) in [6.45, 7) is 0.101. The van der Waals surface area contributed by atoms with Gasteiger partial charge in [0.1, 0.15) is 29.7 Å². The van der Waals surface area contributed by atoms with Crippen LogP contribution in [0.25, 0.3) is 0 Å². The normalized spacial score (nSPS) is 10.5. The summed E-state index contributed by atoms with van der Waals surface area (Å²) in [5.74, 6) is -0.794. The van der Waals surface area contributed by atoms with Crippen LogP contribution in [0.5, 0.6) is 17.2 Å². The predicted molar refractivity (Wildman–Crippen MR) is 121 cm³/mol. The van der Waals surface area contributed by atoms with Gasteiger partial charge >= 0.3 is 11.8 Å².